The van der Waals surface area contributed by atoms with Gasteiger partial charge in [0.2, 0.25) is 0 Å². The van der Waals surface area contributed by atoms with Crippen LogP contribution in [0.2, 0.25) is 5.02 Å². The Hall–Kier alpha value is -3.29. The highest BCUT2D eigenvalue weighted by Gasteiger charge is 2.13. The van der Waals surface area contributed by atoms with Crippen molar-refractivity contribution in [2.45, 2.75) is 9.92 Å². The fourth-order valence-electron chi connectivity index (χ4n) is 2.78. The second-order valence-electron chi connectivity index (χ2n) is 6.10. The number of aromatic nitrogens is 2. The van der Waals surface area contributed by atoms with Crippen molar-refractivity contribution in [3.8, 4) is 0 Å². The van der Waals surface area contributed by atoms with Gasteiger partial charge in [0.1, 0.15) is 17.0 Å². The van der Waals surface area contributed by atoms with Gasteiger partial charge in [-0.1, -0.05) is 59.8 Å². The fourth-order valence-corrected chi connectivity index (χ4v) is 3.71. The lowest BCUT2D eigenvalue weighted by molar-refractivity contribution is 0.0964. The molecule has 0 saturated heterocycles. The molecule has 144 valence electrons. The predicted molar refractivity (Wildman–Crippen MR) is 117 cm³/mol. The Morgan fingerprint density at radius 3 is 2.55 bits per heavy atom. The Morgan fingerprint density at radius 1 is 0.966 bits per heavy atom. The smallest absolute Gasteiger partial charge is 0.270 e. The number of amides is 1. The molecule has 3 aromatic carbocycles. The van der Waals surface area contributed by atoms with E-state index in [1.54, 1.807) is 18.2 Å². The van der Waals surface area contributed by atoms with E-state index in [4.69, 9.17) is 17.3 Å². The lowest BCUT2D eigenvalue weighted by Crippen LogP contribution is -2.30. The molecule has 0 fully saturated rings. The quantitative estimate of drug-likeness (QED) is 0.317. The number of carbonyl (C=O) groups is 1. The van der Waals surface area contributed by atoms with Crippen molar-refractivity contribution >= 4 is 51.5 Å². The third-order valence-corrected chi connectivity index (χ3v) is 5.48. The average Bonchev–Trinajstić information content (AvgIpc) is 2.75. The molecule has 4 N–H and O–H groups in total. The molecule has 0 radical (unpaired) electrons. The molecule has 8 heteroatoms. The van der Waals surface area contributed by atoms with Gasteiger partial charge in [-0.3, -0.25) is 15.6 Å². The predicted octanol–water partition coefficient (Wildman–Crippen LogP) is 4.77. The molecule has 1 aromatic heterocycles. The number of nitrogens with zero attached hydrogens (tertiary/aromatic N) is 2. The van der Waals surface area contributed by atoms with Crippen LogP contribution in [0.4, 0.5) is 11.5 Å². The monoisotopic (exact) mass is 421 g/mol. The summed E-state index contributed by atoms with van der Waals surface area (Å²) in [5, 5.41) is 3.08. The van der Waals surface area contributed by atoms with Crippen LogP contribution in [0, 0.1) is 0 Å². The number of hydrazine groups is 1. The largest absolute Gasteiger partial charge is 0.393 e. The minimum Gasteiger partial charge on any atom is -0.393 e. The van der Waals surface area contributed by atoms with Crippen LogP contribution >= 0.6 is 23.4 Å². The second-order valence-corrected chi connectivity index (χ2v) is 7.60. The van der Waals surface area contributed by atoms with E-state index in [-0.39, 0.29) is 5.91 Å². The van der Waals surface area contributed by atoms with Gasteiger partial charge in [-0.05, 0) is 41.1 Å². The lowest BCUT2D eigenvalue weighted by Gasteiger charge is -2.12. The van der Waals surface area contributed by atoms with Crippen LogP contribution in [0.5, 0.6) is 0 Å². The molecule has 1 amide bonds. The van der Waals surface area contributed by atoms with E-state index in [1.807, 2.05) is 48.5 Å². The maximum atomic E-state index is 12.7. The van der Waals surface area contributed by atoms with Crippen molar-refractivity contribution in [2.75, 3.05) is 11.2 Å². The van der Waals surface area contributed by atoms with Crippen molar-refractivity contribution in [3.63, 3.8) is 0 Å². The molecule has 0 aliphatic carbocycles. The Kier molecular flexibility index (Phi) is 5.50. The highest BCUT2D eigenvalue weighted by atomic mass is 35.5. The molecule has 0 unspecified atom stereocenters. The first-order valence-corrected chi connectivity index (χ1v) is 9.89. The van der Waals surface area contributed by atoms with Crippen molar-refractivity contribution in [1.82, 2.24) is 15.4 Å². The lowest BCUT2D eigenvalue weighted by atomic mass is 10.0. The van der Waals surface area contributed by atoms with Gasteiger partial charge in [0.05, 0.1) is 0 Å². The van der Waals surface area contributed by atoms with E-state index >= 15 is 0 Å². The molecule has 1 heterocycles. The third-order valence-electron chi connectivity index (χ3n) is 4.20. The summed E-state index contributed by atoms with van der Waals surface area (Å²) >= 11 is 7.30. The van der Waals surface area contributed by atoms with Crippen LogP contribution in [0.3, 0.4) is 0 Å². The molecule has 29 heavy (non-hydrogen) atoms. The number of hydrogen-bond acceptors (Lipinski definition) is 6. The second kappa shape index (κ2) is 8.38. The van der Waals surface area contributed by atoms with E-state index in [1.165, 1.54) is 18.1 Å². The van der Waals surface area contributed by atoms with Gasteiger partial charge in [0.25, 0.3) is 5.91 Å². The Balaban J connectivity index is 1.51. The molecule has 4 aromatic rings. The average molecular weight is 422 g/mol. The third kappa shape index (κ3) is 4.26. The maximum absolute atomic E-state index is 12.7. The van der Waals surface area contributed by atoms with Crippen LogP contribution in [-0.2, 0) is 0 Å². The number of rotatable bonds is 5. The maximum Gasteiger partial charge on any atom is 0.270 e. The standard InChI is InChI=1S/C21H16ClN5OS/c22-14-8-10-15(11-9-14)29-21-18(23)19(24-12-25-21)26-27-20(28)17-7-3-5-13-4-1-2-6-16(13)17/h1-12H,23H2,(H,27,28)(H,24,25,26). The number of anilines is 2. The zero-order chi connectivity index (χ0) is 20.2. The zero-order valence-corrected chi connectivity index (χ0v) is 16.7. The molecule has 4 rings (SSSR count). The first kappa shape index (κ1) is 19.0. The summed E-state index contributed by atoms with van der Waals surface area (Å²) in [4.78, 5) is 22.0. The number of hydrogen-bond donors (Lipinski definition) is 3. The summed E-state index contributed by atoms with van der Waals surface area (Å²) < 4.78 is 0. The first-order chi connectivity index (χ1) is 14.1. The van der Waals surface area contributed by atoms with E-state index in [2.05, 4.69) is 20.8 Å². The van der Waals surface area contributed by atoms with Gasteiger partial charge < -0.3 is 5.73 Å². The van der Waals surface area contributed by atoms with Gasteiger partial charge in [-0.2, -0.15) is 0 Å². The highest BCUT2D eigenvalue weighted by molar-refractivity contribution is 7.99. The van der Waals surface area contributed by atoms with E-state index in [0.717, 1.165) is 15.7 Å². The minimum atomic E-state index is -0.285. The molecule has 0 aliphatic rings. The molecule has 0 aliphatic heterocycles. The zero-order valence-electron chi connectivity index (χ0n) is 15.1. The van der Waals surface area contributed by atoms with Crippen molar-refractivity contribution in [3.05, 3.63) is 83.6 Å². The molecule has 0 bridgehead atoms. The first-order valence-electron chi connectivity index (χ1n) is 8.70. The normalized spacial score (nSPS) is 10.7. The van der Waals surface area contributed by atoms with Crippen LogP contribution < -0.4 is 16.6 Å². The number of carbonyl (C=O) groups excluding carboxylic acids is 1. The molecular weight excluding hydrogens is 406 g/mol. The van der Waals surface area contributed by atoms with E-state index < -0.39 is 0 Å². The molecule has 0 saturated carbocycles. The number of fused-ring (bicyclic) bond motifs is 1. The summed E-state index contributed by atoms with van der Waals surface area (Å²) in [6, 6.07) is 20.6. The van der Waals surface area contributed by atoms with Crippen molar-refractivity contribution < 1.29 is 4.79 Å². The van der Waals surface area contributed by atoms with Gasteiger partial charge in [0.15, 0.2) is 5.82 Å². The van der Waals surface area contributed by atoms with E-state index in [0.29, 0.717) is 27.1 Å². The number of nitrogens with two attached hydrogens (primary N) is 1. The van der Waals surface area contributed by atoms with Gasteiger partial charge in [-0.25, -0.2) is 9.97 Å². The molecule has 0 spiro atoms. The van der Waals surface area contributed by atoms with Crippen LogP contribution in [0.25, 0.3) is 10.8 Å². The van der Waals surface area contributed by atoms with Crippen molar-refractivity contribution in [2.24, 2.45) is 0 Å². The Morgan fingerprint density at radius 2 is 1.72 bits per heavy atom. The van der Waals surface area contributed by atoms with Crippen LogP contribution in [-0.4, -0.2) is 15.9 Å². The number of halogens is 1. The minimum absolute atomic E-state index is 0.285. The fraction of sp³-hybridized carbons (Fsp3) is 0. The molecular formula is C21H16ClN5OS. The molecule has 6 nitrogen and oxygen atoms in total. The summed E-state index contributed by atoms with van der Waals surface area (Å²) in [7, 11) is 0. The van der Waals surface area contributed by atoms with Gasteiger partial charge >= 0.3 is 0 Å². The number of nitrogens with one attached hydrogen (secondary N) is 2. The Labute approximate surface area is 176 Å². The van der Waals surface area contributed by atoms with Gasteiger partial charge in [0, 0.05) is 15.5 Å². The van der Waals surface area contributed by atoms with Crippen molar-refractivity contribution in [1.29, 1.82) is 0 Å². The molecule has 0 atom stereocenters. The highest BCUT2D eigenvalue weighted by Crippen LogP contribution is 2.33. The summed E-state index contributed by atoms with van der Waals surface area (Å²) in [6.45, 7) is 0. The SMILES string of the molecule is Nc1c(NNC(=O)c2cccc3ccccc23)ncnc1Sc1ccc(Cl)cc1. The van der Waals surface area contributed by atoms with E-state index in [9.17, 15) is 4.79 Å². The summed E-state index contributed by atoms with van der Waals surface area (Å²) in [5.41, 5.74) is 12.5. The summed E-state index contributed by atoms with van der Waals surface area (Å²) in [6.07, 6.45) is 1.39. The topological polar surface area (TPSA) is 92.9 Å². The van der Waals surface area contributed by atoms with Crippen LogP contribution in [0.1, 0.15) is 10.4 Å². The van der Waals surface area contributed by atoms with Crippen LogP contribution in [0.15, 0.2) is 83.0 Å². The van der Waals surface area contributed by atoms with Gasteiger partial charge in [-0.15, -0.1) is 0 Å². The Bertz CT molecular complexity index is 1180. The number of nitrogen functional groups attached to an aromatic ring is 1. The summed E-state index contributed by atoms with van der Waals surface area (Å²) in [5.74, 6) is 0.0387. The number of benzene rings is 3.